The summed E-state index contributed by atoms with van der Waals surface area (Å²) in [6, 6.07) is 10.7. The van der Waals surface area contributed by atoms with Gasteiger partial charge in [-0.1, -0.05) is 30.3 Å². The van der Waals surface area contributed by atoms with Crippen LogP contribution in [-0.4, -0.2) is 42.5 Å². The zero-order valence-electron chi connectivity index (χ0n) is 17.6. The molecule has 2 aliphatic rings. The number of rotatable bonds is 3. The lowest BCUT2D eigenvalue weighted by atomic mass is 9.91. The van der Waals surface area contributed by atoms with Crippen molar-refractivity contribution in [2.75, 3.05) is 31.1 Å². The number of piperazine rings is 1. The second-order valence-corrected chi connectivity index (χ2v) is 8.62. The molecule has 1 fully saturated rings. The Balaban J connectivity index is 1.57. The number of Topliss-reactive ketones (excluding diaryl/α,β-unsaturated/α-hetero) is 1. The van der Waals surface area contributed by atoms with Crippen molar-refractivity contribution >= 4 is 11.5 Å². The highest BCUT2D eigenvalue weighted by Crippen LogP contribution is 2.45. The summed E-state index contributed by atoms with van der Waals surface area (Å²) < 4.78 is 6.05. The van der Waals surface area contributed by atoms with E-state index in [4.69, 9.17) is 4.74 Å². The number of fused-ring (bicyclic) bond motifs is 1. The number of ketones is 1. The highest BCUT2D eigenvalue weighted by atomic mass is 16.5. The maximum absolute atomic E-state index is 12.9. The zero-order valence-corrected chi connectivity index (χ0v) is 17.6. The Morgan fingerprint density at radius 2 is 1.57 bits per heavy atom. The molecule has 28 heavy (non-hydrogen) atoms. The molecule has 2 aromatic carbocycles. The number of anilines is 1. The van der Waals surface area contributed by atoms with Crippen LogP contribution in [0.4, 0.5) is 5.69 Å². The Labute approximate surface area is 168 Å². The van der Waals surface area contributed by atoms with Crippen LogP contribution in [0.2, 0.25) is 0 Å². The van der Waals surface area contributed by atoms with Crippen LogP contribution >= 0.6 is 0 Å². The lowest BCUT2D eigenvalue weighted by Crippen LogP contribution is -2.46. The number of benzene rings is 2. The van der Waals surface area contributed by atoms with Gasteiger partial charge in [0.1, 0.15) is 5.75 Å². The Morgan fingerprint density at radius 1 is 0.929 bits per heavy atom. The molecule has 2 aliphatic heterocycles. The first-order chi connectivity index (χ1) is 13.3. The SMILES string of the molecule is Cc1c(C)c(N2CCN(Cc3ccccc3)CC2)c(C)c2c1OC(C)(C)C2=O. The van der Waals surface area contributed by atoms with Gasteiger partial charge in [0, 0.05) is 38.4 Å². The van der Waals surface area contributed by atoms with Crippen molar-refractivity contribution in [3.05, 3.63) is 58.1 Å². The fraction of sp³-hybridized carbons (Fsp3) is 0.458. The van der Waals surface area contributed by atoms with Crippen molar-refractivity contribution in [1.29, 1.82) is 0 Å². The zero-order chi connectivity index (χ0) is 20.1. The first kappa shape index (κ1) is 19.0. The molecule has 0 bridgehead atoms. The van der Waals surface area contributed by atoms with Gasteiger partial charge in [0.2, 0.25) is 5.78 Å². The van der Waals surface area contributed by atoms with Crippen LogP contribution in [0.15, 0.2) is 30.3 Å². The number of hydrogen-bond donors (Lipinski definition) is 0. The molecule has 4 nitrogen and oxygen atoms in total. The van der Waals surface area contributed by atoms with Crippen molar-refractivity contribution in [3.8, 4) is 5.75 Å². The molecule has 0 saturated carbocycles. The molecule has 4 heteroatoms. The Morgan fingerprint density at radius 3 is 2.21 bits per heavy atom. The summed E-state index contributed by atoms with van der Waals surface area (Å²) in [7, 11) is 0. The number of nitrogens with zero attached hydrogens (tertiary/aromatic N) is 2. The summed E-state index contributed by atoms with van der Waals surface area (Å²) in [4.78, 5) is 17.9. The van der Waals surface area contributed by atoms with Crippen LogP contribution < -0.4 is 9.64 Å². The van der Waals surface area contributed by atoms with Gasteiger partial charge in [-0.2, -0.15) is 0 Å². The van der Waals surface area contributed by atoms with Gasteiger partial charge in [-0.15, -0.1) is 0 Å². The average molecular weight is 379 g/mol. The molecule has 4 rings (SSSR count). The largest absolute Gasteiger partial charge is 0.479 e. The minimum absolute atomic E-state index is 0.104. The van der Waals surface area contributed by atoms with Crippen molar-refractivity contribution < 1.29 is 9.53 Å². The maximum atomic E-state index is 12.9. The van der Waals surface area contributed by atoms with Gasteiger partial charge >= 0.3 is 0 Å². The molecule has 148 valence electrons. The number of carbonyl (C=O) groups is 1. The van der Waals surface area contributed by atoms with Crippen LogP contribution in [0, 0.1) is 20.8 Å². The topological polar surface area (TPSA) is 32.8 Å². The predicted molar refractivity (Wildman–Crippen MR) is 114 cm³/mol. The normalized spacial score (nSPS) is 18.9. The molecule has 2 heterocycles. The molecule has 0 atom stereocenters. The van der Waals surface area contributed by atoms with E-state index in [1.807, 2.05) is 13.8 Å². The number of carbonyl (C=O) groups excluding carboxylic acids is 1. The van der Waals surface area contributed by atoms with Gasteiger partial charge in [-0.3, -0.25) is 9.69 Å². The van der Waals surface area contributed by atoms with E-state index in [-0.39, 0.29) is 5.78 Å². The molecular formula is C24H30N2O2. The number of hydrogen-bond acceptors (Lipinski definition) is 4. The standard InChI is InChI=1S/C24H30N2O2/c1-16-17(2)22-20(23(27)24(4,5)28-22)18(3)21(16)26-13-11-25(12-14-26)15-19-9-7-6-8-10-19/h6-10H,11-15H2,1-5H3. The molecule has 0 amide bonds. The summed E-state index contributed by atoms with van der Waals surface area (Å²) in [5, 5.41) is 0. The predicted octanol–water partition coefficient (Wildman–Crippen LogP) is 4.29. The van der Waals surface area contributed by atoms with Gasteiger partial charge < -0.3 is 9.64 Å². The summed E-state index contributed by atoms with van der Waals surface area (Å²) in [5.41, 5.74) is 6.02. The molecule has 0 aliphatic carbocycles. The van der Waals surface area contributed by atoms with E-state index in [0.29, 0.717) is 0 Å². The summed E-state index contributed by atoms with van der Waals surface area (Å²) in [5.74, 6) is 0.892. The van der Waals surface area contributed by atoms with E-state index in [1.165, 1.54) is 16.8 Å². The van der Waals surface area contributed by atoms with E-state index in [1.54, 1.807) is 0 Å². The molecule has 1 saturated heterocycles. The van der Waals surface area contributed by atoms with Crippen molar-refractivity contribution in [2.24, 2.45) is 0 Å². The van der Waals surface area contributed by atoms with Crippen molar-refractivity contribution in [3.63, 3.8) is 0 Å². The Kier molecular flexibility index (Phi) is 4.70. The fourth-order valence-corrected chi connectivity index (χ4v) is 4.55. The molecule has 0 unspecified atom stereocenters. The summed E-state index contributed by atoms with van der Waals surface area (Å²) in [6.07, 6.45) is 0. The molecule has 0 aromatic heterocycles. The van der Waals surface area contributed by atoms with E-state index >= 15 is 0 Å². The minimum Gasteiger partial charge on any atom is -0.479 e. The quantitative estimate of drug-likeness (QED) is 0.798. The minimum atomic E-state index is -0.767. The van der Waals surface area contributed by atoms with Gasteiger partial charge in [-0.25, -0.2) is 0 Å². The van der Waals surface area contributed by atoms with E-state index < -0.39 is 5.60 Å². The van der Waals surface area contributed by atoms with E-state index in [2.05, 4.69) is 60.9 Å². The molecule has 0 N–H and O–H groups in total. The van der Waals surface area contributed by atoms with Crippen LogP contribution in [0.5, 0.6) is 5.75 Å². The van der Waals surface area contributed by atoms with Crippen LogP contribution in [0.25, 0.3) is 0 Å². The van der Waals surface area contributed by atoms with Crippen molar-refractivity contribution in [1.82, 2.24) is 4.90 Å². The first-order valence-electron chi connectivity index (χ1n) is 10.2. The highest BCUT2D eigenvalue weighted by Gasteiger charge is 2.43. The van der Waals surface area contributed by atoms with E-state index in [0.717, 1.165) is 55.2 Å². The Bertz CT molecular complexity index is 910. The second-order valence-electron chi connectivity index (χ2n) is 8.62. The number of ether oxygens (including phenoxy) is 1. The molecule has 2 aromatic rings. The highest BCUT2D eigenvalue weighted by molar-refractivity contribution is 6.09. The lowest BCUT2D eigenvalue weighted by molar-refractivity contribution is 0.0683. The second kappa shape index (κ2) is 6.93. The first-order valence-corrected chi connectivity index (χ1v) is 10.2. The third-order valence-electron chi connectivity index (χ3n) is 6.28. The van der Waals surface area contributed by atoms with Crippen molar-refractivity contribution in [2.45, 2.75) is 46.8 Å². The smallest absolute Gasteiger partial charge is 0.209 e. The summed E-state index contributed by atoms with van der Waals surface area (Å²) in [6.45, 7) is 15.1. The average Bonchev–Trinajstić information content (AvgIpc) is 2.92. The monoisotopic (exact) mass is 378 g/mol. The third kappa shape index (κ3) is 3.10. The molecule has 0 radical (unpaired) electrons. The van der Waals surface area contributed by atoms with Gasteiger partial charge in [-0.05, 0) is 56.9 Å². The van der Waals surface area contributed by atoms with Crippen LogP contribution in [0.3, 0.4) is 0 Å². The van der Waals surface area contributed by atoms with Gasteiger partial charge in [0.25, 0.3) is 0 Å². The van der Waals surface area contributed by atoms with E-state index in [9.17, 15) is 4.79 Å². The van der Waals surface area contributed by atoms with Crippen LogP contribution in [0.1, 0.15) is 46.5 Å². The van der Waals surface area contributed by atoms with Gasteiger partial charge in [0.15, 0.2) is 5.60 Å². The summed E-state index contributed by atoms with van der Waals surface area (Å²) >= 11 is 0. The Hall–Kier alpha value is -2.33. The maximum Gasteiger partial charge on any atom is 0.209 e. The van der Waals surface area contributed by atoms with Crippen LogP contribution in [-0.2, 0) is 6.54 Å². The van der Waals surface area contributed by atoms with Gasteiger partial charge in [0.05, 0.1) is 5.56 Å². The fourth-order valence-electron chi connectivity index (χ4n) is 4.55. The lowest BCUT2D eigenvalue weighted by Gasteiger charge is -2.38. The molecular weight excluding hydrogens is 348 g/mol. The molecule has 0 spiro atoms. The third-order valence-corrected chi connectivity index (χ3v) is 6.28.